The second-order valence-electron chi connectivity index (χ2n) is 2.43. The summed E-state index contributed by atoms with van der Waals surface area (Å²) < 4.78 is 0. The molecule has 86 valence electrons. The summed E-state index contributed by atoms with van der Waals surface area (Å²) in [7, 11) is 0. The van der Waals surface area contributed by atoms with Crippen LogP contribution in [0.2, 0.25) is 0 Å². The Bertz CT molecular complexity index is 306. The minimum atomic E-state index is 0.915. The molecule has 0 amide bonds. The topological polar surface area (TPSA) is 25.8 Å². The van der Waals surface area contributed by atoms with Gasteiger partial charge in [0.15, 0.2) is 0 Å². The van der Waals surface area contributed by atoms with Crippen LogP contribution < -0.4 is 0 Å². The Kier molecular flexibility index (Phi) is 8.79. The number of rotatable bonds is 1. The summed E-state index contributed by atoms with van der Waals surface area (Å²) >= 11 is 0. The van der Waals surface area contributed by atoms with E-state index in [4.69, 9.17) is 0 Å². The Morgan fingerprint density at radius 2 is 1.00 bits per heavy atom. The molecule has 0 saturated carbocycles. The van der Waals surface area contributed by atoms with Gasteiger partial charge >= 0.3 is 0 Å². The summed E-state index contributed by atoms with van der Waals surface area (Å²) in [6, 6.07) is 11.6. The van der Waals surface area contributed by atoms with Gasteiger partial charge in [0.2, 0.25) is 0 Å². The van der Waals surface area contributed by atoms with E-state index in [0.717, 1.165) is 11.4 Å². The SMILES string of the molecule is CC.CC.c1ccc(-c2ccccn2)nc1. The molecular weight excluding hydrogens is 196 g/mol. The van der Waals surface area contributed by atoms with E-state index in [2.05, 4.69) is 9.97 Å². The smallest absolute Gasteiger partial charge is 0.0886 e. The maximum atomic E-state index is 4.19. The molecule has 2 heterocycles. The van der Waals surface area contributed by atoms with Crippen LogP contribution >= 0.6 is 0 Å². The molecule has 0 fully saturated rings. The highest BCUT2D eigenvalue weighted by molar-refractivity contribution is 5.52. The van der Waals surface area contributed by atoms with Gasteiger partial charge in [-0.05, 0) is 24.3 Å². The van der Waals surface area contributed by atoms with Crippen molar-refractivity contribution in [2.24, 2.45) is 0 Å². The molecule has 0 aliphatic carbocycles. The average molecular weight is 216 g/mol. The average Bonchev–Trinajstić information content (AvgIpc) is 2.45. The van der Waals surface area contributed by atoms with Gasteiger partial charge in [0.25, 0.3) is 0 Å². The van der Waals surface area contributed by atoms with Gasteiger partial charge < -0.3 is 0 Å². The molecular formula is C14H20N2. The third-order valence-corrected chi connectivity index (χ3v) is 1.59. The van der Waals surface area contributed by atoms with Crippen LogP contribution in [0.5, 0.6) is 0 Å². The first kappa shape index (κ1) is 14.3. The Hall–Kier alpha value is -1.70. The van der Waals surface area contributed by atoms with Crippen molar-refractivity contribution in [3.63, 3.8) is 0 Å². The number of nitrogens with zero attached hydrogens (tertiary/aromatic N) is 2. The van der Waals surface area contributed by atoms with Gasteiger partial charge in [-0.2, -0.15) is 0 Å². The number of aromatic nitrogens is 2. The van der Waals surface area contributed by atoms with Gasteiger partial charge in [-0.1, -0.05) is 39.8 Å². The van der Waals surface area contributed by atoms with E-state index in [1.807, 2.05) is 64.1 Å². The van der Waals surface area contributed by atoms with E-state index in [9.17, 15) is 0 Å². The highest BCUT2D eigenvalue weighted by atomic mass is 14.7. The lowest BCUT2D eigenvalue weighted by atomic mass is 10.2. The lowest BCUT2D eigenvalue weighted by molar-refractivity contribution is 1.25. The quantitative estimate of drug-likeness (QED) is 0.714. The van der Waals surface area contributed by atoms with Crippen molar-refractivity contribution in [1.29, 1.82) is 0 Å². The predicted octanol–water partition coefficient (Wildman–Crippen LogP) is 4.20. The number of pyridine rings is 2. The van der Waals surface area contributed by atoms with Crippen LogP contribution in [0.1, 0.15) is 27.7 Å². The predicted molar refractivity (Wildman–Crippen MR) is 70.2 cm³/mol. The van der Waals surface area contributed by atoms with Crippen LogP contribution in [0.4, 0.5) is 0 Å². The van der Waals surface area contributed by atoms with E-state index in [1.165, 1.54) is 0 Å². The molecule has 0 radical (unpaired) electrons. The maximum Gasteiger partial charge on any atom is 0.0886 e. The fourth-order valence-corrected chi connectivity index (χ4v) is 1.03. The van der Waals surface area contributed by atoms with Crippen molar-refractivity contribution < 1.29 is 0 Å². The summed E-state index contributed by atoms with van der Waals surface area (Å²) in [5.74, 6) is 0. The van der Waals surface area contributed by atoms with Gasteiger partial charge in [-0.25, -0.2) is 0 Å². The fraction of sp³-hybridized carbons (Fsp3) is 0.286. The Morgan fingerprint density at radius 3 is 1.25 bits per heavy atom. The third kappa shape index (κ3) is 4.69. The van der Waals surface area contributed by atoms with Crippen LogP contribution in [0, 0.1) is 0 Å². The van der Waals surface area contributed by atoms with E-state index in [1.54, 1.807) is 12.4 Å². The highest BCUT2D eigenvalue weighted by Crippen LogP contribution is 2.10. The van der Waals surface area contributed by atoms with Gasteiger partial charge in [0, 0.05) is 12.4 Å². The van der Waals surface area contributed by atoms with Gasteiger partial charge in [0.1, 0.15) is 0 Å². The Morgan fingerprint density at radius 1 is 0.625 bits per heavy atom. The zero-order valence-electron chi connectivity index (χ0n) is 10.5. The lowest BCUT2D eigenvalue weighted by Crippen LogP contribution is -1.83. The van der Waals surface area contributed by atoms with Crippen LogP contribution in [0.25, 0.3) is 11.4 Å². The van der Waals surface area contributed by atoms with Crippen molar-refractivity contribution in [1.82, 2.24) is 9.97 Å². The molecule has 0 aliphatic rings. The molecule has 0 N–H and O–H groups in total. The largest absolute Gasteiger partial charge is 0.255 e. The van der Waals surface area contributed by atoms with E-state index < -0.39 is 0 Å². The second kappa shape index (κ2) is 9.84. The van der Waals surface area contributed by atoms with Gasteiger partial charge in [-0.15, -0.1) is 0 Å². The molecule has 0 aromatic carbocycles. The standard InChI is InChI=1S/C10H8N2.2C2H6/c1-3-7-11-9(5-1)10-6-2-4-8-12-10;2*1-2/h1-8H;2*1-2H3. The number of hydrogen-bond acceptors (Lipinski definition) is 2. The third-order valence-electron chi connectivity index (χ3n) is 1.59. The first-order valence-corrected chi connectivity index (χ1v) is 5.79. The van der Waals surface area contributed by atoms with Crippen LogP contribution in [0.3, 0.4) is 0 Å². The summed E-state index contributed by atoms with van der Waals surface area (Å²) in [6.07, 6.45) is 3.54. The molecule has 0 saturated heterocycles. The molecule has 16 heavy (non-hydrogen) atoms. The van der Waals surface area contributed by atoms with Crippen molar-refractivity contribution in [3.8, 4) is 11.4 Å². The monoisotopic (exact) mass is 216 g/mol. The molecule has 2 aromatic rings. The molecule has 0 spiro atoms. The summed E-state index contributed by atoms with van der Waals surface area (Å²) in [4.78, 5) is 8.37. The van der Waals surface area contributed by atoms with Crippen molar-refractivity contribution in [3.05, 3.63) is 48.8 Å². The first-order chi connectivity index (χ1) is 7.97. The Balaban J connectivity index is 0.000000509. The second-order valence-corrected chi connectivity index (χ2v) is 2.43. The molecule has 2 aromatic heterocycles. The minimum Gasteiger partial charge on any atom is -0.255 e. The zero-order chi connectivity index (χ0) is 12.2. The normalized spacial score (nSPS) is 8.00. The molecule has 0 aliphatic heterocycles. The molecule has 0 bridgehead atoms. The molecule has 2 heteroatoms. The molecule has 2 rings (SSSR count). The van der Waals surface area contributed by atoms with E-state index in [0.29, 0.717) is 0 Å². The molecule has 0 atom stereocenters. The number of hydrogen-bond donors (Lipinski definition) is 0. The van der Waals surface area contributed by atoms with Crippen molar-refractivity contribution >= 4 is 0 Å². The molecule has 2 nitrogen and oxygen atoms in total. The van der Waals surface area contributed by atoms with E-state index >= 15 is 0 Å². The van der Waals surface area contributed by atoms with Gasteiger partial charge in [-0.3, -0.25) is 9.97 Å². The van der Waals surface area contributed by atoms with E-state index in [-0.39, 0.29) is 0 Å². The highest BCUT2D eigenvalue weighted by Gasteiger charge is 1.95. The Labute approximate surface area is 98.4 Å². The van der Waals surface area contributed by atoms with Gasteiger partial charge in [0.05, 0.1) is 11.4 Å². The van der Waals surface area contributed by atoms with Crippen LogP contribution in [-0.2, 0) is 0 Å². The summed E-state index contributed by atoms with van der Waals surface area (Å²) in [5, 5.41) is 0. The molecule has 0 unspecified atom stereocenters. The van der Waals surface area contributed by atoms with Crippen LogP contribution in [-0.4, -0.2) is 9.97 Å². The fourth-order valence-electron chi connectivity index (χ4n) is 1.03. The minimum absolute atomic E-state index is 0.915. The van der Waals surface area contributed by atoms with Crippen LogP contribution in [0.15, 0.2) is 48.8 Å². The zero-order valence-corrected chi connectivity index (χ0v) is 10.5. The lowest BCUT2D eigenvalue weighted by Gasteiger charge is -1.96. The first-order valence-electron chi connectivity index (χ1n) is 5.79. The summed E-state index contributed by atoms with van der Waals surface area (Å²) in [5.41, 5.74) is 1.83. The van der Waals surface area contributed by atoms with Crippen molar-refractivity contribution in [2.45, 2.75) is 27.7 Å². The maximum absolute atomic E-state index is 4.19. The van der Waals surface area contributed by atoms with Crippen molar-refractivity contribution in [2.75, 3.05) is 0 Å². The summed E-state index contributed by atoms with van der Waals surface area (Å²) in [6.45, 7) is 8.00.